The van der Waals surface area contributed by atoms with Crippen LogP contribution < -0.4 is 5.73 Å². The first kappa shape index (κ1) is 16.2. The van der Waals surface area contributed by atoms with Crippen LogP contribution in [0.3, 0.4) is 0 Å². The summed E-state index contributed by atoms with van der Waals surface area (Å²) in [7, 11) is 0. The fraction of sp³-hybridized carbons (Fsp3) is 0.300. The molecule has 100 valence electrons. The number of carbonyl (C=O) groups excluding carboxylic acids is 1. The fourth-order valence-electron chi connectivity index (χ4n) is 1.08. The standard InChI is InChI=1S/C10H8Cl5NO2/c11-6-2-1-5(3-7(6)12)8(16)9(17)18-4-10(13,14)15/h1-3,8H,4,16H2. The number of hydrogen-bond donors (Lipinski definition) is 1. The second-order valence-electron chi connectivity index (χ2n) is 3.37. The first-order valence-corrected chi connectivity index (χ1v) is 6.53. The highest BCUT2D eigenvalue weighted by molar-refractivity contribution is 6.67. The van der Waals surface area contributed by atoms with E-state index in [0.29, 0.717) is 15.6 Å². The molecule has 0 saturated heterocycles. The Kier molecular flexibility index (Phi) is 5.84. The van der Waals surface area contributed by atoms with E-state index in [9.17, 15) is 4.79 Å². The maximum Gasteiger partial charge on any atom is 0.327 e. The number of benzene rings is 1. The molecule has 0 heterocycles. The van der Waals surface area contributed by atoms with E-state index in [0.717, 1.165) is 0 Å². The molecule has 8 heteroatoms. The van der Waals surface area contributed by atoms with Crippen molar-refractivity contribution in [3.8, 4) is 0 Å². The minimum absolute atomic E-state index is 0.291. The highest BCUT2D eigenvalue weighted by atomic mass is 35.6. The number of halogens is 5. The largest absolute Gasteiger partial charge is 0.460 e. The van der Waals surface area contributed by atoms with Gasteiger partial charge in [-0.1, -0.05) is 64.1 Å². The van der Waals surface area contributed by atoms with Crippen LogP contribution in [0.1, 0.15) is 11.6 Å². The minimum atomic E-state index is -1.67. The van der Waals surface area contributed by atoms with Crippen LogP contribution in [0.5, 0.6) is 0 Å². The van der Waals surface area contributed by atoms with Crippen LogP contribution in [0.15, 0.2) is 18.2 Å². The number of esters is 1. The SMILES string of the molecule is NC(C(=O)OCC(Cl)(Cl)Cl)c1ccc(Cl)c(Cl)c1. The Labute approximate surface area is 129 Å². The molecule has 3 nitrogen and oxygen atoms in total. The molecule has 18 heavy (non-hydrogen) atoms. The third-order valence-corrected chi connectivity index (χ3v) is 3.00. The lowest BCUT2D eigenvalue weighted by molar-refractivity contribution is -0.145. The predicted molar refractivity (Wildman–Crippen MR) is 74.6 cm³/mol. The Bertz CT molecular complexity index is 446. The van der Waals surface area contributed by atoms with Crippen molar-refractivity contribution in [1.82, 2.24) is 0 Å². The first-order valence-electron chi connectivity index (χ1n) is 4.64. The molecule has 1 aromatic carbocycles. The molecule has 0 spiro atoms. The first-order chi connectivity index (χ1) is 8.20. The van der Waals surface area contributed by atoms with E-state index >= 15 is 0 Å². The highest BCUT2D eigenvalue weighted by Gasteiger charge is 2.25. The minimum Gasteiger partial charge on any atom is -0.460 e. The van der Waals surface area contributed by atoms with Gasteiger partial charge in [-0.15, -0.1) is 0 Å². The molecule has 0 aliphatic rings. The Morgan fingerprint density at radius 1 is 1.28 bits per heavy atom. The van der Waals surface area contributed by atoms with E-state index in [2.05, 4.69) is 0 Å². The Morgan fingerprint density at radius 3 is 2.39 bits per heavy atom. The Balaban J connectivity index is 2.71. The topological polar surface area (TPSA) is 52.3 Å². The predicted octanol–water partition coefficient (Wildman–Crippen LogP) is 3.91. The summed E-state index contributed by atoms with van der Waals surface area (Å²) < 4.78 is 3.08. The van der Waals surface area contributed by atoms with Crippen molar-refractivity contribution in [2.75, 3.05) is 6.61 Å². The molecule has 0 amide bonds. The van der Waals surface area contributed by atoms with Gasteiger partial charge in [0.15, 0.2) is 0 Å². The van der Waals surface area contributed by atoms with Gasteiger partial charge in [-0.05, 0) is 17.7 Å². The van der Waals surface area contributed by atoms with Gasteiger partial charge < -0.3 is 10.5 Å². The van der Waals surface area contributed by atoms with Crippen molar-refractivity contribution < 1.29 is 9.53 Å². The Morgan fingerprint density at radius 2 is 1.89 bits per heavy atom. The summed E-state index contributed by atoms with van der Waals surface area (Å²) in [5, 5.41) is 0.654. The zero-order valence-corrected chi connectivity index (χ0v) is 12.6. The second-order valence-corrected chi connectivity index (χ2v) is 6.70. The molecule has 1 unspecified atom stereocenters. The fourth-order valence-corrected chi connectivity index (χ4v) is 1.55. The Hall–Kier alpha value is 0.1000. The van der Waals surface area contributed by atoms with E-state index in [1.807, 2.05) is 0 Å². The van der Waals surface area contributed by atoms with Crippen molar-refractivity contribution in [2.24, 2.45) is 5.73 Å². The van der Waals surface area contributed by atoms with Gasteiger partial charge in [0, 0.05) is 0 Å². The summed E-state index contributed by atoms with van der Waals surface area (Å²) in [5.74, 6) is -0.722. The van der Waals surface area contributed by atoms with Gasteiger partial charge >= 0.3 is 5.97 Å². The van der Waals surface area contributed by atoms with Gasteiger partial charge in [0.1, 0.15) is 12.6 Å². The maximum atomic E-state index is 11.6. The van der Waals surface area contributed by atoms with Gasteiger partial charge in [0.2, 0.25) is 3.79 Å². The molecule has 0 bridgehead atoms. The quantitative estimate of drug-likeness (QED) is 0.664. The molecule has 2 N–H and O–H groups in total. The van der Waals surface area contributed by atoms with Crippen molar-refractivity contribution in [3.63, 3.8) is 0 Å². The highest BCUT2D eigenvalue weighted by Crippen LogP contribution is 2.28. The van der Waals surface area contributed by atoms with E-state index in [1.54, 1.807) is 6.07 Å². The number of nitrogens with two attached hydrogens (primary N) is 1. The third-order valence-electron chi connectivity index (χ3n) is 1.93. The number of rotatable bonds is 3. The summed E-state index contributed by atoms with van der Waals surface area (Å²) in [5.41, 5.74) is 6.14. The third kappa shape index (κ3) is 5.00. The van der Waals surface area contributed by atoms with Crippen LogP contribution in [0.4, 0.5) is 0 Å². The van der Waals surface area contributed by atoms with E-state index < -0.39 is 15.8 Å². The monoisotopic (exact) mass is 349 g/mol. The van der Waals surface area contributed by atoms with Crippen molar-refractivity contribution >= 4 is 64.0 Å². The molecule has 1 aromatic rings. The molecule has 0 aliphatic heterocycles. The van der Waals surface area contributed by atoms with Gasteiger partial charge in [-0.25, -0.2) is 4.79 Å². The van der Waals surface area contributed by atoms with Crippen molar-refractivity contribution in [3.05, 3.63) is 33.8 Å². The van der Waals surface area contributed by atoms with Gasteiger partial charge in [-0.3, -0.25) is 0 Å². The normalized spacial score (nSPS) is 13.2. The number of hydrogen-bond acceptors (Lipinski definition) is 3. The molecule has 0 aliphatic carbocycles. The average Bonchev–Trinajstić information content (AvgIpc) is 2.27. The van der Waals surface area contributed by atoms with Crippen LogP contribution in [0.2, 0.25) is 10.0 Å². The molecule has 1 atom stereocenters. The van der Waals surface area contributed by atoms with Gasteiger partial charge in [-0.2, -0.15) is 0 Å². The molecule has 0 saturated carbocycles. The lowest BCUT2D eigenvalue weighted by Crippen LogP contribution is -2.27. The number of carbonyl (C=O) groups is 1. The van der Waals surface area contributed by atoms with Crippen LogP contribution in [-0.4, -0.2) is 16.4 Å². The van der Waals surface area contributed by atoms with Crippen molar-refractivity contribution in [1.29, 1.82) is 0 Å². The zero-order chi connectivity index (χ0) is 13.9. The molecule has 0 radical (unpaired) electrons. The molecular weight excluding hydrogens is 343 g/mol. The second kappa shape index (κ2) is 6.51. The average molecular weight is 351 g/mol. The van der Waals surface area contributed by atoms with E-state index in [1.165, 1.54) is 12.1 Å². The summed E-state index contributed by atoms with van der Waals surface area (Å²) >= 11 is 27.9. The van der Waals surface area contributed by atoms with Crippen molar-refractivity contribution in [2.45, 2.75) is 9.83 Å². The number of alkyl halides is 3. The van der Waals surface area contributed by atoms with Gasteiger partial charge in [0.25, 0.3) is 0 Å². The summed E-state index contributed by atoms with van der Waals surface area (Å²) in [6.07, 6.45) is 0. The van der Waals surface area contributed by atoms with Gasteiger partial charge in [0.05, 0.1) is 10.0 Å². The molecule has 0 fully saturated rings. The number of ether oxygens (including phenoxy) is 1. The lowest BCUT2D eigenvalue weighted by atomic mass is 10.1. The van der Waals surface area contributed by atoms with Crippen LogP contribution in [0.25, 0.3) is 0 Å². The molecule has 0 aromatic heterocycles. The van der Waals surface area contributed by atoms with Crippen LogP contribution >= 0.6 is 58.0 Å². The maximum absolute atomic E-state index is 11.6. The van der Waals surface area contributed by atoms with E-state index in [-0.39, 0.29) is 6.61 Å². The van der Waals surface area contributed by atoms with Crippen LogP contribution in [0, 0.1) is 0 Å². The summed E-state index contributed by atoms with van der Waals surface area (Å²) in [6, 6.07) is 3.55. The zero-order valence-electron chi connectivity index (χ0n) is 8.80. The molecular formula is C10H8Cl5NO2. The summed E-state index contributed by atoms with van der Waals surface area (Å²) in [6.45, 7) is -0.383. The summed E-state index contributed by atoms with van der Waals surface area (Å²) in [4.78, 5) is 11.6. The molecule has 1 rings (SSSR count). The van der Waals surface area contributed by atoms with Crippen LogP contribution in [-0.2, 0) is 9.53 Å². The lowest BCUT2D eigenvalue weighted by Gasteiger charge is -2.15. The van der Waals surface area contributed by atoms with E-state index in [4.69, 9.17) is 68.5 Å². The smallest absolute Gasteiger partial charge is 0.327 e.